The summed E-state index contributed by atoms with van der Waals surface area (Å²) in [7, 11) is 1.23. The van der Waals surface area contributed by atoms with Gasteiger partial charge in [-0.2, -0.15) is 0 Å². The van der Waals surface area contributed by atoms with E-state index in [0.29, 0.717) is 18.3 Å². The number of carbonyl (C=O) groups is 1. The summed E-state index contributed by atoms with van der Waals surface area (Å²) in [5.41, 5.74) is 1.35. The first-order chi connectivity index (χ1) is 8.67. The van der Waals surface area contributed by atoms with Gasteiger partial charge in [0.25, 0.3) is 6.71 Å². The molecule has 0 saturated carbocycles. The maximum atomic E-state index is 14.0. The highest BCUT2D eigenvalue weighted by molar-refractivity contribution is 7.12. The second-order valence-corrected chi connectivity index (χ2v) is 4.99. The first-order valence-electron chi connectivity index (χ1n) is 5.61. The Morgan fingerprint density at radius 2 is 2.44 bits per heavy atom. The van der Waals surface area contributed by atoms with E-state index >= 15 is 0 Å². The van der Waals surface area contributed by atoms with Crippen LogP contribution in [0.1, 0.15) is 21.7 Å². The number of carbonyl (C=O) groups excluding carboxylic acids is 1. The first kappa shape index (κ1) is 12.8. The Morgan fingerprint density at radius 3 is 3.00 bits per heavy atom. The van der Waals surface area contributed by atoms with Gasteiger partial charge in [-0.15, -0.1) is 11.3 Å². The maximum Gasteiger partial charge on any atom is 0.351 e. The number of methoxy groups -OCH3 is 1. The van der Waals surface area contributed by atoms with E-state index in [9.17, 15) is 9.18 Å². The number of nitriles is 1. The predicted octanol–water partition coefficient (Wildman–Crippen LogP) is 3.02. The predicted molar refractivity (Wildman–Crippen MR) is 69.2 cm³/mol. The lowest BCUT2D eigenvalue weighted by atomic mass is 9.43. The molecule has 1 aromatic rings. The van der Waals surface area contributed by atoms with Crippen LogP contribution in [0.25, 0.3) is 5.57 Å². The molecule has 1 aliphatic rings. The Bertz CT molecular complexity index is 547. The normalized spacial score (nSPS) is 14.9. The molecule has 2 rings (SSSR count). The molecule has 0 aliphatic carbocycles. The van der Waals surface area contributed by atoms with Gasteiger partial charge in [-0.25, -0.2) is 14.4 Å². The van der Waals surface area contributed by atoms with Crippen molar-refractivity contribution in [2.75, 3.05) is 7.11 Å². The van der Waals surface area contributed by atoms with Crippen LogP contribution < -0.4 is 0 Å². The molecule has 0 fully saturated rings. The summed E-state index contributed by atoms with van der Waals surface area (Å²) in [6, 6.07) is 0. The minimum atomic E-state index is -0.643. The molecule has 0 saturated heterocycles. The van der Waals surface area contributed by atoms with Gasteiger partial charge < -0.3 is 4.74 Å². The van der Waals surface area contributed by atoms with Crippen molar-refractivity contribution in [1.82, 2.24) is 0 Å². The molecule has 0 spiro atoms. The number of thiophene rings is 1. The molecule has 92 valence electrons. The highest BCUT2D eigenvalue weighted by atomic mass is 32.1. The number of rotatable bonds is 2. The van der Waals surface area contributed by atoms with Crippen LogP contribution in [0.15, 0.2) is 11.5 Å². The van der Waals surface area contributed by atoms with Gasteiger partial charge in [0.1, 0.15) is 4.88 Å². The molecule has 0 amide bonds. The van der Waals surface area contributed by atoms with Gasteiger partial charge in [-0.05, 0) is 18.3 Å². The van der Waals surface area contributed by atoms with E-state index < -0.39 is 11.8 Å². The first-order valence-corrected chi connectivity index (χ1v) is 6.49. The fraction of sp³-hybridized carbons (Fsp3) is 0.333. The summed E-state index contributed by atoms with van der Waals surface area (Å²) >= 11 is 1.05. The molecular formula is C12H11BFNO2S. The lowest BCUT2D eigenvalue weighted by Crippen LogP contribution is -2.12. The third kappa shape index (κ3) is 2.32. The highest BCUT2D eigenvalue weighted by Gasteiger charge is 2.24. The lowest BCUT2D eigenvalue weighted by Gasteiger charge is -2.13. The smallest absolute Gasteiger partial charge is 0.351 e. The lowest BCUT2D eigenvalue weighted by molar-refractivity contribution is 0.0601. The van der Waals surface area contributed by atoms with Crippen molar-refractivity contribution < 1.29 is 13.9 Å². The minimum absolute atomic E-state index is 0.0100. The monoisotopic (exact) mass is 263 g/mol. The number of ether oxygens (including phenoxy) is 1. The van der Waals surface area contributed by atoms with Gasteiger partial charge in [-0.3, -0.25) is 0 Å². The van der Waals surface area contributed by atoms with Crippen LogP contribution >= 0.6 is 11.3 Å². The van der Waals surface area contributed by atoms with Crippen LogP contribution in [-0.2, 0) is 4.74 Å². The molecule has 3 nitrogen and oxygen atoms in total. The number of halogens is 1. The second kappa shape index (κ2) is 5.36. The molecule has 1 aliphatic heterocycles. The molecule has 0 unspecified atom stereocenters. The van der Waals surface area contributed by atoms with Crippen LogP contribution in [0.5, 0.6) is 0 Å². The molecule has 18 heavy (non-hydrogen) atoms. The molecule has 6 heteroatoms. The SMILES string of the molecule is COC(=O)c1scc(C2=CCB(C#N)CC2)c1F. The van der Waals surface area contributed by atoms with Crippen molar-refractivity contribution in [2.45, 2.75) is 19.1 Å². The van der Waals surface area contributed by atoms with E-state index in [2.05, 4.69) is 10.7 Å². The summed E-state index contributed by atoms with van der Waals surface area (Å²) in [4.78, 5) is 11.3. The van der Waals surface area contributed by atoms with E-state index in [4.69, 9.17) is 5.26 Å². The average Bonchev–Trinajstić information content (AvgIpc) is 2.80. The number of nitrogens with zero attached hydrogens (tertiary/aromatic N) is 1. The molecule has 0 atom stereocenters. The Kier molecular flexibility index (Phi) is 3.82. The fourth-order valence-corrected chi connectivity index (χ4v) is 2.87. The van der Waals surface area contributed by atoms with Crippen molar-refractivity contribution >= 4 is 29.6 Å². The van der Waals surface area contributed by atoms with Gasteiger partial charge >= 0.3 is 5.97 Å². The van der Waals surface area contributed by atoms with Crippen molar-refractivity contribution in [2.24, 2.45) is 0 Å². The summed E-state index contributed by atoms with van der Waals surface area (Å²) < 4.78 is 18.6. The summed E-state index contributed by atoms with van der Waals surface area (Å²) in [5.74, 6) is 1.06. The van der Waals surface area contributed by atoms with Crippen LogP contribution in [0.4, 0.5) is 4.39 Å². The van der Waals surface area contributed by atoms with Gasteiger partial charge in [-0.1, -0.05) is 12.4 Å². The zero-order chi connectivity index (χ0) is 13.1. The Morgan fingerprint density at radius 1 is 1.67 bits per heavy atom. The van der Waals surface area contributed by atoms with Crippen molar-refractivity contribution in [3.63, 3.8) is 0 Å². The van der Waals surface area contributed by atoms with Crippen molar-refractivity contribution in [3.8, 4) is 5.97 Å². The zero-order valence-electron chi connectivity index (χ0n) is 9.90. The van der Waals surface area contributed by atoms with Crippen LogP contribution in [-0.4, -0.2) is 19.8 Å². The van der Waals surface area contributed by atoms with Gasteiger partial charge in [0, 0.05) is 16.9 Å². The molecule has 0 radical (unpaired) electrons. The van der Waals surface area contributed by atoms with E-state index in [0.717, 1.165) is 23.2 Å². The van der Waals surface area contributed by atoms with Crippen LogP contribution in [0, 0.1) is 17.0 Å². The summed E-state index contributed by atoms with van der Waals surface area (Å²) in [5, 5.41) is 10.4. The van der Waals surface area contributed by atoms with E-state index in [1.54, 1.807) is 5.38 Å². The molecule has 2 heterocycles. The molecular weight excluding hydrogens is 252 g/mol. The molecule has 1 aromatic heterocycles. The third-order valence-corrected chi connectivity index (χ3v) is 3.98. The number of hydrogen-bond acceptors (Lipinski definition) is 4. The van der Waals surface area contributed by atoms with E-state index in [1.807, 2.05) is 6.08 Å². The number of hydrogen-bond donors (Lipinski definition) is 0. The topological polar surface area (TPSA) is 50.1 Å². The van der Waals surface area contributed by atoms with E-state index in [-0.39, 0.29) is 11.6 Å². The van der Waals surface area contributed by atoms with Gasteiger partial charge in [0.05, 0.1) is 7.11 Å². The van der Waals surface area contributed by atoms with Crippen molar-refractivity contribution in [1.29, 1.82) is 5.26 Å². The number of esters is 1. The van der Waals surface area contributed by atoms with Crippen LogP contribution in [0.3, 0.4) is 0 Å². The Balaban J connectivity index is 2.26. The molecule has 0 N–H and O–H groups in total. The maximum absolute atomic E-state index is 14.0. The minimum Gasteiger partial charge on any atom is -0.465 e. The zero-order valence-corrected chi connectivity index (χ0v) is 10.7. The number of allylic oxidation sites excluding steroid dienone is 2. The summed E-state index contributed by atoms with van der Waals surface area (Å²) in [6.07, 6.45) is 3.95. The summed E-state index contributed by atoms with van der Waals surface area (Å²) in [6.45, 7) is 0.0236. The molecule has 0 bridgehead atoms. The largest absolute Gasteiger partial charge is 0.465 e. The highest BCUT2D eigenvalue weighted by Crippen LogP contribution is 2.33. The van der Waals surface area contributed by atoms with Crippen molar-refractivity contribution in [3.05, 3.63) is 27.7 Å². The van der Waals surface area contributed by atoms with Gasteiger partial charge in [0.2, 0.25) is 0 Å². The van der Waals surface area contributed by atoms with E-state index in [1.165, 1.54) is 7.11 Å². The third-order valence-electron chi connectivity index (χ3n) is 3.04. The van der Waals surface area contributed by atoms with Gasteiger partial charge in [0.15, 0.2) is 5.82 Å². The Labute approximate surface area is 109 Å². The van der Waals surface area contributed by atoms with Crippen LogP contribution in [0.2, 0.25) is 12.6 Å². The quantitative estimate of drug-likeness (QED) is 0.608. The average molecular weight is 263 g/mol. The fourth-order valence-electron chi connectivity index (χ4n) is 1.99. The molecule has 0 aromatic carbocycles. The second-order valence-electron chi connectivity index (χ2n) is 4.11. The standard InChI is InChI=1S/C12H11BFNO2S/c1-17-12(16)11-10(14)9(6-18-11)8-2-4-13(7-15)5-3-8/h2,6H,3-5H2,1H3. The Hall–Kier alpha value is -1.61.